The Labute approximate surface area is 284 Å². The molecule has 16 nitrogen and oxygen atoms in total. The molecule has 4 N–H and O–H groups in total. The number of nitro benzene ring substituents is 1. The van der Waals surface area contributed by atoms with Crippen LogP contribution in [-0.2, 0) is 35.7 Å². The van der Waals surface area contributed by atoms with Crippen molar-refractivity contribution in [1.82, 2.24) is 25.2 Å². The minimum atomic E-state index is -3.92. The lowest BCUT2D eigenvalue weighted by molar-refractivity contribution is -0.385. The average Bonchev–Trinajstić information content (AvgIpc) is 3.92. The molecule has 1 saturated heterocycles. The van der Waals surface area contributed by atoms with Crippen LogP contribution in [0.3, 0.4) is 0 Å². The molecule has 1 aromatic rings. The molecule has 2 saturated carbocycles. The summed E-state index contributed by atoms with van der Waals surface area (Å²) in [6, 6.07) is 3.68. The molecule has 4 amide bonds. The number of carbonyl (C=O) groups is 4. The van der Waals surface area contributed by atoms with E-state index in [1.165, 1.54) is 6.07 Å². The summed E-state index contributed by atoms with van der Waals surface area (Å²) in [7, 11) is -3.92. The van der Waals surface area contributed by atoms with Crippen LogP contribution in [-0.4, -0.2) is 106 Å². The number of carbonyl (C=O) groups excluding carboxylic acids is 4. The summed E-state index contributed by atoms with van der Waals surface area (Å²) >= 11 is 0. The van der Waals surface area contributed by atoms with Gasteiger partial charge in [0.05, 0.1) is 16.3 Å². The highest BCUT2D eigenvalue weighted by molar-refractivity contribution is 7.91. The van der Waals surface area contributed by atoms with Gasteiger partial charge in [0, 0.05) is 43.6 Å². The number of amides is 4. The standard InChI is InChI=1S/C32H44N6O10S/c1-31(2,3)48-30(43)33-24-19-36(17-20-9-6-7-11-25(20)38(44)45)14-8-4-5-10-21-16-32(21,29(42)35-49(46,47)23-12-13-23)34-27(40)26-15-22(39)18-37(26)28(24)41/h5-7,9-11,21-24,26,39H,4,8,12-19H2,1-3H3,(H,33,43)(H,34,40)(H,35,42)/b10-5-/t21-,22-,24+,26+,32-/m1/s1. The summed E-state index contributed by atoms with van der Waals surface area (Å²) in [6.45, 7) is 5.02. The highest BCUT2D eigenvalue weighted by atomic mass is 32.2. The predicted octanol–water partition coefficient (Wildman–Crippen LogP) is 1.09. The maximum Gasteiger partial charge on any atom is 0.408 e. The molecule has 2 aliphatic carbocycles. The first-order valence-electron chi connectivity index (χ1n) is 16.5. The zero-order valence-corrected chi connectivity index (χ0v) is 28.6. The quantitative estimate of drug-likeness (QED) is 0.179. The van der Waals surface area contributed by atoms with Crippen molar-refractivity contribution in [3.8, 4) is 0 Å². The first-order chi connectivity index (χ1) is 23.0. The van der Waals surface area contributed by atoms with Crippen LogP contribution in [0.2, 0.25) is 0 Å². The lowest BCUT2D eigenvalue weighted by Crippen LogP contribution is -2.59. The van der Waals surface area contributed by atoms with E-state index in [0.717, 1.165) is 4.90 Å². The second-order valence-corrected chi connectivity index (χ2v) is 16.2. The van der Waals surface area contributed by atoms with E-state index >= 15 is 0 Å². The van der Waals surface area contributed by atoms with E-state index in [9.17, 15) is 42.8 Å². The van der Waals surface area contributed by atoms with Crippen molar-refractivity contribution in [3.05, 3.63) is 52.1 Å². The lowest BCUT2D eigenvalue weighted by Gasteiger charge is -2.33. The molecule has 4 aliphatic rings. The van der Waals surface area contributed by atoms with Crippen LogP contribution >= 0.6 is 0 Å². The van der Waals surface area contributed by atoms with E-state index in [0.29, 0.717) is 37.8 Å². The Balaban J connectivity index is 1.47. The van der Waals surface area contributed by atoms with Gasteiger partial charge in [-0.05, 0) is 59.4 Å². The molecule has 0 radical (unpaired) electrons. The van der Waals surface area contributed by atoms with Crippen molar-refractivity contribution in [2.24, 2.45) is 5.92 Å². The van der Waals surface area contributed by atoms with Gasteiger partial charge in [-0.25, -0.2) is 13.2 Å². The maximum atomic E-state index is 14.3. The number of aliphatic hydroxyl groups excluding tert-OH is 1. The van der Waals surface area contributed by atoms with Gasteiger partial charge in [-0.1, -0.05) is 30.4 Å². The highest BCUT2D eigenvalue weighted by Crippen LogP contribution is 2.46. The Hall–Kier alpha value is -4.09. The number of rotatable bonds is 7. The van der Waals surface area contributed by atoms with Gasteiger partial charge in [0.25, 0.3) is 11.6 Å². The first-order valence-corrected chi connectivity index (χ1v) is 18.0. The summed E-state index contributed by atoms with van der Waals surface area (Å²) in [5, 5.41) is 27.1. The van der Waals surface area contributed by atoms with Crippen LogP contribution in [0.4, 0.5) is 10.5 Å². The van der Waals surface area contributed by atoms with Gasteiger partial charge in [-0.2, -0.15) is 0 Å². The molecule has 2 heterocycles. The summed E-state index contributed by atoms with van der Waals surface area (Å²) in [4.78, 5) is 68.8. The van der Waals surface area contributed by atoms with Crippen LogP contribution in [0.1, 0.15) is 64.9 Å². The van der Waals surface area contributed by atoms with Crippen molar-refractivity contribution >= 4 is 39.5 Å². The second-order valence-electron chi connectivity index (χ2n) is 14.2. The molecule has 268 valence electrons. The Bertz CT molecular complexity index is 1620. The number of aliphatic hydroxyl groups is 1. The van der Waals surface area contributed by atoms with Crippen LogP contribution in [0.25, 0.3) is 0 Å². The smallest absolute Gasteiger partial charge is 0.408 e. The topological polar surface area (TPSA) is 218 Å². The zero-order valence-electron chi connectivity index (χ0n) is 27.8. The van der Waals surface area contributed by atoms with Gasteiger partial charge in [0.1, 0.15) is 23.2 Å². The number of sulfonamides is 1. The number of allylic oxidation sites excluding steroid dienone is 1. The molecule has 5 rings (SSSR count). The third-order valence-electron chi connectivity index (χ3n) is 9.05. The van der Waals surface area contributed by atoms with Crippen LogP contribution in [0, 0.1) is 16.0 Å². The SMILES string of the molecule is CC(C)(C)OC(=O)N[C@H]1CN(Cc2ccccc2[N+](=O)[O-])CCC/C=C\[C@@H]2C[C@@]2(C(=O)NS(=O)(=O)C2CC2)NC(=O)[C@@H]2C[C@@H](O)CN2C1=O. The third-order valence-corrected chi connectivity index (χ3v) is 10.9. The summed E-state index contributed by atoms with van der Waals surface area (Å²) in [5.74, 6) is -2.83. The molecule has 0 aromatic heterocycles. The van der Waals surface area contributed by atoms with E-state index in [4.69, 9.17) is 4.74 Å². The number of alkyl carbamates (subject to hydrolysis) is 1. The number of nitro groups is 1. The Morgan fingerprint density at radius 2 is 1.90 bits per heavy atom. The van der Waals surface area contributed by atoms with Gasteiger partial charge in [0.2, 0.25) is 21.8 Å². The largest absolute Gasteiger partial charge is 0.444 e. The van der Waals surface area contributed by atoms with Crippen molar-refractivity contribution in [2.75, 3.05) is 19.6 Å². The van der Waals surface area contributed by atoms with Gasteiger partial charge >= 0.3 is 6.09 Å². The minimum Gasteiger partial charge on any atom is -0.444 e. The Kier molecular flexibility index (Phi) is 10.4. The fourth-order valence-electron chi connectivity index (χ4n) is 6.36. The van der Waals surface area contributed by atoms with Crippen LogP contribution in [0.15, 0.2) is 36.4 Å². The highest BCUT2D eigenvalue weighted by Gasteiger charge is 2.62. The van der Waals surface area contributed by atoms with Crippen molar-refractivity contribution in [2.45, 2.75) is 100 Å². The van der Waals surface area contributed by atoms with Crippen molar-refractivity contribution < 1.29 is 42.4 Å². The van der Waals surface area contributed by atoms with Crippen LogP contribution < -0.4 is 15.4 Å². The Morgan fingerprint density at radius 3 is 2.57 bits per heavy atom. The van der Waals surface area contributed by atoms with Gasteiger partial charge in [-0.15, -0.1) is 0 Å². The fraction of sp³-hybridized carbons (Fsp3) is 0.625. The van der Waals surface area contributed by atoms with Gasteiger partial charge < -0.3 is 25.4 Å². The molecule has 17 heteroatoms. The zero-order chi connectivity index (χ0) is 35.7. The van der Waals surface area contributed by atoms with E-state index in [1.54, 1.807) is 49.9 Å². The monoisotopic (exact) mass is 704 g/mol. The van der Waals surface area contributed by atoms with E-state index in [-0.39, 0.29) is 38.2 Å². The van der Waals surface area contributed by atoms with Gasteiger partial charge in [-0.3, -0.25) is 34.1 Å². The number of hydrogen-bond donors (Lipinski definition) is 4. The molecule has 49 heavy (non-hydrogen) atoms. The van der Waals surface area contributed by atoms with Crippen LogP contribution in [0.5, 0.6) is 0 Å². The normalized spacial score (nSPS) is 28.9. The molecule has 5 atom stereocenters. The number of nitrogens with one attached hydrogen (secondary N) is 3. The molecular formula is C32H44N6O10S. The number of hydrogen-bond acceptors (Lipinski definition) is 11. The van der Waals surface area contributed by atoms with E-state index in [1.807, 2.05) is 6.08 Å². The average molecular weight is 705 g/mol. The lowest BCUT2D eigenvalue weighted by atomic mass is 10.1. The number of ether oxygens (including phenoxy) is 1. The third kappa shape index (κ3) is 8.75. The number of fused-ring (bicyclic) bond motifs is 2. The molecule has 1 aromatic carbocycles. The van der Waals surface area contributed by atoms with Gasteiger partial charge in [0.15, 0.2) is 0 Å². The van der Waals surface area contributed by atoms with Crippen molar-refractivity contribution in [1.29, 1.82) is 0 Å². The summed E-state index contributed by atoms with van der Waals surface area (Å²) in [6.07, 6.45) is 3.47. The molecule has 0 spiro atoms. The molecule has 0 bridgehead atoms. The summed E-state index contributed by atoms with van der Waals surface area (Å²) in [5.41, 5.74) is -2.18. The number of nitrogens with zero attached hydrogens (tertiary/aromatic N) is 3. The number of benzene rings is 1. The van der Waals surface area contributed by atoms with E-state index < -0.39 is 79.3 Å². The first kappa shape index (κ1) is 36.2. The summed E-state index contributed by atoms with van der Waals surface area (Å²) < 4.78 is 32.9. The second kappa shape index (κ2) is 14.0. The predicted molar refractivity (Wildman–Crippen MR) is 175 cm³/mol. The van der Waals surface area contributed by atoms with E-state index in [2.05, 4.69) is 15.4 Å². The number of para-hydroxylation sites is 1. The van der Waals surface area contributed by atoms with Crippen molar-refractivity contribution in [3.63, 3.8) is 0 Å². The molecule has 2 aliphatic heterocycles. The minimum absolute atomic E-state index is 0.0640. The maximum absolute atomic E-state index is 14.3. The molecule has 0 unspecified atom stereocenters. The fourth-order valence-corrected chi connectivity index (χ4v) is 7.72. The Morgan fingerprint density at radius 1 is 1.18 bits per heavy atom. The molecule has 3 fully saturated rings. The molecular weight excluding hydrogens is 660 g/mol.